The number of anilines is 1. The molecule has 1 aromatic carbocycles. The third-order valence-corrected chi connectivity index (χ3v) is 3.21. The van der Waals surface area contributed by atoms with Crippen LogP contribution in [0.2, 0.25) is 5.02 Å². The third kappa shape index (κ3) is 2.00. The van der Waals surface area contributed by atoms with Gasteiger partial charge in [-0.2, -0.15) is 0 Å². The molecule has 1 aliphatic heterocycles. The molecule has 0 saturated carbocycles. The van der Waals surface area contributed by atoms with Gasteiger partial charge in [-0.1, -0.05) is 41.9 Å². The SMILES string of the molecule is O=C1Nc2cc(Cl)cnc2C1C(=O)c1ccccc1. The smallest absolute Gasteiger partial charge is 0.241 e. The van der Waals surface area contributed by atoms with Crippen molar-refractivity contribution in [2.75, 3.05) is 5.32 Å². The molecule has 2 heterocycles. The van der Waals surface area contributed by atoms with E-state index in [1.165, 1.54) is 6.20 Å². The van der Waals surface area contributed by atoms with Crippen LogP contribution in [0.4, 0.5) is 5.69 Å². The first kappa shape index (κ1) is 11.9. The standard InChI is InChI=1S/C14H9ClN2O2/c15-9-6-10-12(16-7-9)11(14(19)17-10)13(18)8-4-2-1-3-5-8/h1-7,11H,(H,17,19). The lowest BCUT2D eigenvalue weighted by molar-refractivity contribution is -0.116. The summed E-state index contributed by atoms with van der Waals surface area (Å²) in [6.07, 6.45) is 1.44. The molecule has 1 unspecified atom stereocenters. The van der Waals surface area contributed by atoms with Crippen LogP contribution in [0, 0.1) is 0 Å². The molecule has 0 bridgehead atoms. The van der Waals surface area contributed by atoms with E-state index in [4.69, 9.17) is 11.6 Å². The molecular weight excluding hydrogens is 264 g/mol. The Morgan fingerprint density at radius 3 is 2.74 bits per heavy atom. The van der Waals surface area contributed by atoms with Crippen LogP contribution < -0.4 is 5.32 Å². The number of halogens is 1. The van der Waals surface area contributed by atoms with E-state index in [0.29, 0.717) is 22.0 Å². The topological polar surface area (TPSA) is 59.1 Å². The van der Waals surface area contributed by atoms with Gasteiger partial charge in [0.2, 0.25) is 5.91 Å². The molecule has 0 spiro atoms. The average Bonchev–Trinajstić information content (AvgIpc) is 2.74. The van der Waals surface area contributed by atoms with Gasteiger partial charge in [0.25, 0.3) is 0 Å². The molecule has 0 radical (unpaired) electrons. The molecule has 5 heteroatoms. The maximum atomic E-state index is 12.4. The van der Waals surface area contributed by atoms with Crippen molar-refractivity contribution >= 4 is 29.0 Å². The summed E-state index contributed by atoms with van der Waals surface area (Å²) >= 11 is 5.82. The highest BCUT2D eigenvalue weighted by molar-refractivity contribution is 6.31. The van der Waals surface area contributed by atoms with Crippen LogP contribution in [0.15, 0.2) is 42.6 Å². The fourth-order valence-electron chi connectivity index (χ4n) is 2.12. The van der Waals surface area contributed by atoms with Crippen molar-refractivity contribution in [2.24, 2.45) is 0 Å². The average molecular weight is 273 g/mol. The Labute approximate surface area is 114 Å². The lowest BCUT2D eigenvalue weighted by Gasteiger charge is -2.06. The highest BCUT2D eigenvalue weighted by Gasteiger charge is 2.38. The van der Waals surface area contributed by atoms with E-state index in [-0.39, 0.29) is 11.7 Å². The van der Waals surface area contributed by atoms with Crippen LogP contribution in [-0.4, -0.2) is 16.7 Å². The highest BCUT2D eigenvalue weighted by Crippen LogP contribution is 2.34. The summed E-state index contributed by atoms with van der Waals surface area (Å²) in [5.74, 6) is -1.51. The van der Waals surface area contributed by atoms with Crippen molar-refractivity contribution in [3.63, 3.8) is 0 Å². The number of nitrogens with one attached hydrogen (secondary N) is 1. The largest absolute Gasteiger partial charge is 0.323 e. The molecule has 3 rings (SSSR count). The van der Waals surface area contributed by atoms with Crippen LogP contribution in [0.1, 0.15) is 22.0 Å². The van der Waals surface area contributed by atoms with Crippen molar-refractivity contribution in [1.82, 2.24) is 4.98 Å². The van der Waals surface area contributed by atoms with E-state index < -0.39 is 5.92 Å². The van der Waals surface area contributed by atoms with Crippen molar-refractivity contribution in [3.05, 3.63) is 58.9 Å². The fourth-order valence-corrected chi connectivity index (χ4v) is 2.28. The quantitative estimate of drug-likeness (QED) is 0.675. The summed E-state index contributed by atoms with van der Waals surface area (Å²) in [5.41, 5.74) is 1.43. The molecule has 1 N–H and O–H groups in total. The zero-order chi connectivity index (χ0) is 13.4. The first-order valence-corrected chi connectivity index (χ1v) is 6.10. The van der Waals surface area contributed by atoms with Gasteiger partial charge < -0.3 is 5.32 Å². The van der Waals surface area contributed by atoms with Crippen molar-refractivity contribution in [1.29, 1.82) is 0 Å². The number of benzene rings is 1. The van der Waals surface area contributed by atoms with Crippen LogP contribution >= 0.6 is 11.6 Å². The number of hydrogen-bond acceptors (Lipinski definition) is 3. The summed E-state index contributed by atoms with van der Waals surface area (Å²) in [4.78, 5) is 28.4. The number of amides is 1. The molecule has 1 aliphatic rings. The Kier molecular flexibility index (Phi) is 2.80. The molecule has 1 amide bonds. The maximum absolute atomic E-state index is 12.4. The van der Waals surface area contributed by atoms with Crippen LogP contribution in [0.25, 0.3) is 0 Å². The Hall–Kier alpha value is -2.20. The number of fused-ring (bicyclic) bond motifs is 1. The lowest BCUT2D eigenvalue weighted by Crippen LogP contribution is -2.21. The van der Waals surface area contributed by atoms with E-state index in [1.807, 2.05) is 6.07 Å². The Morgan fingerprint density at radius 2 is 2.00 bits per heavy atom. The number of rotatable bonds is 2. The van der Waals surface area contributed by atoms with Gasteiger partial charge in [0.05, 0.1) is 16.4 Å². The summed E-state index contributed by atoms with van der Waals surface area (Å²) in [5, 5.41) is 3.06. The number of carbonyl (C=O) groups is 2. The molecule has 1 atom stereocenters. The molecule has 4 nitrogen and oxygen atoms in total. The van der Waals surface area contributed by atoms with E-state index >= 15 is 0 Å². The zero-order valence-electron chi connectivity index (χ0n) is 9.76. The molecule has 1 aromatic heterocycles. The fraction of sp³-hybridized carbons (Fsp3) is 0.0714. The van der Waals surface area contributed by atoms with Gasteiger partial charge in [0.1, 0.15) is 5.92 Å². The number of carbonyl (C=O) groups excluding carboxylic acids is 2. The second-order valence-electron chi connectivity index (χ2n) is 4.24. The summed E-state index contributed by atoms with van der Waals surface area (Å²) in [7, 11) is 0. The van der Waals surface area contributed by atoms with E-state index in [0.717, 1.165) is 0 Å². The van der Waals surface area contributed by atoms with Crippen LogP contribution in [0.3, 0.4) is 0 Å². The highest BCUT2D eigenvalue weighted by atomic mass is 35.5. The first-order valence-electron chi connectivity index (χ1n) is 5.72. The lowest BCUT2D eigenvalue weighted by atomic mass is 9.95. The van der Waals surface area contributed by atoms with Gasteiger partial charge in [0, 0.05) is 11.8 Å². The van der Waals surface area contributed by atoms with Gasteiger partial charge in [-0.05, 0) is 6.07 Å². The van der Waals surface area contributed by atoms with Gasteiger partial charge >= 0.3 is 0 Å². The van der Waals surface area contributed by atoms with Crippen molar-refractivity contribution in [2.45, 2.75) is 5.92 Å². The molecule has 2 aromatic rings. The number of ketones is 1. The molecular formula is C14H9ClN2O2. The minimum atomic E-state index is -0.894. The number of aromatic nitrogens is 1. The normalized spacial score (nSPS) is 16.9. The molecule has 0 aliphatic carbocycles. The number of Topliss-reactive ketones (excluding diaryl/α,β-unsaturated/α-hetero) is 1. The predicted molar refractivity (Wildman–Crippen MR) is 71.4 cm³/mol. The Morgan fingerprint density at radius 1 is 1.26 bits per heavy atom. The number of nitrogens with zero attached hydrogens (tertiary/aromatic N) is 1. The second-order valence-corrected chi connectivity index (χ2v) is 4.68. The molecule has 94 valence electrons. The Bertz CT molecular complexity index is 670. The summed E-state index contributed by atoms with van der Waals surface area (Å²) in [6.45, 7) is 0. The van der Waals surface area contributed by atoms with E-state index in [2.05, 4.69) is 10.3 Å². The van der Waals surface area contributed by atoms with Gasteiger partial charge in [-0.15, -0.1) is 0 Å². The monoisotopic (exact) mass is 272 g/mol. The maximum Gasteiger partial charge on any atom is 0.241 e. The minimum Gasteiger partial charge on any atom is -0.323 e. The molecule has 19 heavy (non-hydrogen) atoms. The van der Waals surface area contributed by atoms with E-state index in [1.54, 1.807) is 30.3 Å². The molecule has 0 saturated heterocycles. The van der Waals surface area contributed by atoms with Gasteiger partial charge in [0.15, 0.2) is 5.78 Å². The van der Waals surface area contributed by atoms with E-state index in [9.17, 15) is 9.59 Å². The second kappa shape index (κ2) is 4.48. The van der Waals surface area contributed by atoms with Gasteiger partial charge in [-0.25, -0.2) is 0 Å². The summed E-state index contributed by atoms with van der Waals surface area (Å²) < 4.78 is 0. The zero-order valence-corrected chi connectivity index (χ0v) is 10.5. The Balaban J connectivity index is 2.03. The number of pyridine rings is 1. The summed E-state index contributed by atoms with van der Waals surface area (Å²) in [6, 6.07) is 10.3. The predicted octanol–water partition coefficient (Wildman–Crippen LogP) is 2.65. The first-order chi connectivity index (χ1) is 9.16. The number of hydrogen-bond donors (Lipinski definition) is 1. The minimum absolute atomic E-state index is 0.258. The van der Waals surface area contributed by atoms with Crippen molar-refractivity contribution in [3.8, 4) is 0 Å². The van der Waals surface area contributed by atoms with Crippen molar-refractivity contribution < 1.29 is 9.59 Å². The van der Waals surface area contributed by atoms with Crippen LogP contribution in [-0.2, 0) is 4.79 Å². The van der Waals surface area contributed by atoms with Crippen LogP contribution in [0.5, 0.6) is 0 Å². The molecule has 0 fully saturated rings. The van der Waals surface area contributed by atoms with Gasteiger partial charge in [-0.3, -0.25) is 14.6 Å². The third-order valence-electron chi connectivity index (χ3n) is 3.00.